The second kappa shape index (κ2) is 20.6. The number of aryl methyl sites for hydroxylation is 1. The lowest BCUT2D eigenvalue weighted by Gasteiger charge is -2.63. The third-order valence-corrected chi connectivity index (χ3v) is 16.1. The van der Waals surface area contributed by atoms with E-state index in [4.69, 9.17) is 21.3 Å². The van der Waals surface area contributed by atoms with Gasteiger partial charge in [-0.05, 0) is 68.1 Å². The number of likely N-dealkylation sites (tertiary alicyclic amines) is 1. The zero-order valence-corrected chi connectivity index (χ0v) is 42.7. The van der Waals surface area contributed by atoms with Crippen molar-refractivity contribution in [3.63, 3.8) is 0 Å². The highest BCUT2D eigenvalue weighted by Crippen LogP contribution is 2.55. The number of hydrogen-bond acceptors (Lipinski definition) is 13. The summed E-state index contributed by atoms with van der Waals surface area (Å²) in [4.78, 5) is 57.8. The Morgan fingerprint density at radius 3 is 2.36 bits per heavy atom. The van der Waals surface area contributed by atoms with Gasteiger partial charge in [0.1, 0.15) is 35.8 Å². The number of hydrogen-bond donors (Lipinski definition) is 5. The average Bonchev–Trinajstić information content (AvgIpc) is 4.05. The number of nitriles is 1. The van der Waals surface area contributed by atoms with Gasteiger partial charge in [-0.15, -0.1) is 11.3 Å². The Morgan fingerprint density at radius 2 is 1.73 bits per heavy atom. The van der Waals surface area contributed by atoms with E-state index in [0.29, 0.717) is 21.9 Å². The van der Waals surface area contributed by atoms with Crippen molar-refractivity contribution in [2.45, 2.75) is 111 Å². The lowest BCUT2D eigenvalue weighted by molar-refractivity contribution is -0.164. The maximum atomic E-state index is 14.2. The first-order chi connectivity index (χ1) is 33.3. The normalized spacial score (nSPS) is 23.9. The van der Waals surface area contributed by atoms with Crippen LogP contribution in [0.5, 0.6) is 5.75 Å². The third kappa shape index (κ3) is 10.6. The van der Waals surface area contributed by atoms with Crippen molar-refractivity contribution >= 4 is 46.5 Å². The van der Waals surface area contributed by atoms with E-state index in [-0.39, 0.29) is 54.4 Å². The Hall–Kier alpha value is -5.57. The van der Waals surface area contributed by atoms with E-state index in [2.05, 4.69) is 70.6 Å². The summed E-state index contributed by atoms with van der Waals surface area (Å²) in [6, 6.07) is 16.3. The molecule has 3 aliphatic heterocycles. The molecule has 4 atom stereocenters. The molecule has 70 heavy (non-hydrogen) atoms. The number of thiazole rings is 1. The highest BCUT2D eigenvalue weighted by Gasteiger charge is 2.64. The number of halogens is 1. The minimum absolute atomic E-state index is 0.0644. The number of carbonyl (C=O) groups is 3. The van der Waals surface area contributed by atoms with Crippen molar-refractivity contribution in [2.75, 3.05) is 50.8 Å². The number of amides is 3. The second-order valence-electron chi connectivity index (χ2n) is 21.1. The number of anilines is 1. The van der Waals surface area contributed by atoms with Gasteiger partial charge in [-0.2, -0.15) is 5.26 Å². The Balaban J connectivity index is 0.760. The van der Waals surface area contributed by atoms with Gasteiger partial charge in [0.15, 0.2) is 0 Å². The summed E-state index contributed by atoms with van der Waals surface area (Å²) in [7, 11) is 0. The molecule has 2 aromatic heterocycles. The number of piperazine rings is 1. The number of benzene rings is 2. The molecule has 15 nitrogen and oxygen atoms in total. The van der Waals surface area contributed by atoms with Crippen LogP contribution in [0.15, 0.2) is 78.1 Å². The van der Waals surface area contributed by atoms with Crippen molar-refractivity contribution < 1.29 is 29.3 Å². The zero-order valence-electron chi connectivity index (χ0n) is 41.2. The largest absolute Gasteiger partial charge is 0.489 e. The number of aromatic nitrogens is 2. The second-order valence-corrected chi connectivity index (χ2v) is 22.4. The SMILES string of the molecule is Cc1ncsc1-c1ccc([C@H](CO)NC(=O)[C@@H]2C[C@@H](O)CN2C(=O)[C@H]2NC(CCCCN3CCN(c4ccc(C(=O)N[C@H]5C(C)(C)[C@H](Oc6ccc(C#N)c(Cl)c6)C5(C)C)cn4)CC3)=CC2(C)C)cc1. The number of unbranched alkanes of at least 4 members (excludes halogenated alkanes) is 1. The van der Waals surface area contributed by atoms with E-state index in [1.165, 1.54) is 4.90 Å². The van der Waals surface area contributed by atoms with Crippen LogP contribution >= 0.6 is 22.9 Å². The average molecular weight is 993 g/mol. The van der Waals surface area contributed by atoms with Gasteiger partial charge in [-0.1, -0.05) is 83.5 Å². The Labute approximate surface area is 420 Å². The Morgan fingerprint density at radius 1 is 1.00 bits per heavy atom. The summed E-state index contributed by atoms with van der Waals surface area (Å²) in [6.45, 7) is 18.5. The third-order valence-electron chi connectivity index (χ3n) is 14.9. The molecule has 372 valence electrons. The van der Waals surface area contributed by atoms with E-state index in [9.17, 15) is 29.9 Å². The fraction of sp³-hybridized carbons (Fsp3) is 0.509. The van der Waals surface area contributed by atoms with Crippen molar-refractivity contribution in [2.24, 2.45) is 16.2 Å². The first-order valence-corrected chi connectivity index (χ1v) is 25.6. The molecule has 17 heteroatoms. The van der Waals surface area contributed by atoms with Crippen LogP contribution in [0, 0.1) is 34.5 Å². The van der Waals surface area contributed by atoms with Gasteiger partial charge in [0.25, 0.3) is 5.91 Å². The van der Waals surface area contributed by atoms with Gasteiger partial charge >= 0.3 is 0 Å². The first-order valence-electron chi connectivity index (χ1n) is 24.3. The molecule has 5 N–H and O–H groups in total. The maximum Gasteiger partial charge on any atom is 0.253 e. The van der Waals surface area contributed by atoms with E-state index in [1.54, 1.807) is 41.2 Å². The summed E-state index contributed by atoms with van der Waals surface area (Å²) in [6.07, 6.45) is 5.60. The summed E-state index contributed by atoms with van der Waals surface area (Å²) in [5.74, 6) is 0.619. The predicted molar refractivity (Wildman–Crippen MR) is 271 cm³/mol. The molecule has 8 rings (SSSR count). The molecular formula is C53H66ClN9O6S. The lowest BCUT2D eigenvalue weighted by Crippen LogP contribution is -2.74. The van der Waals surface area contributed by atoms with Crippen LogP contribution < -0.4 is 25.6 Å². The molecule has 1 aliphatic carbocycles. The highest BCUT2D eigenvalue weighted by atomic mass is 35.5. The number of pyridine rings is 1. The molecule has 1 saturated carbocycles. The van der Waals surface area contributed by atoms with E-state index >= 15 is 0 Å². The first kappa shape index (κ1) is 50.8. The van der Waals surface area contributed by atoms with Crippen LogP contribution in [0.25, 0.3) is 10.4 Å². The summed E-state index contributed by atoms with van der Waals surface area (Å²) >= 11 is 7.82. The fourth-order valence-electron chi connectivity index (χ4n) is 11.3. The van der Waals surface area contributed by atoms with Crippen LogP contribution in [-0.4, -0.2) is 124 Å². The van der Waals surface area contributed by atoms with Crippen LogP contribution in [0.4, 0.5) is 5.82 Å². The van der Waals surface area contributed by atoms with Crippen molar-refractivity contribution in [1.82, 2.24) is 35.7 Å². The molecule has 4 aliphatic rings. The number of rotatable bonds is 16. The van der Waals surface area contributed by atoms with Gasteiger partial charge in [0.2, 0.25) is 11.8 Å². The number of nitrogens with one attached hydrogen (secondary N) is 3. The molecule has 0 bridgehead atoms. The molecule has 2 aromatic carbocycles. The topological polar surface area (TPSA) is 196 Å². The molecule has 2 saturated heterocycles. The number of allylic oxidation sites excluding steroid dienone is 1. The molecule has 0 unspecified atom stereocenters. The standard InChI is InChI=1S/C53H66ClN9O6S/c1-32-44(70-31-57-32)34-13-11-33(12-14-34)41(30-64)59-47(67)42-24-38(65)29-63(42)48(68)45-51(2,3)26-37(58-45)10-8-9-19-61-20-22-62(23-21-61)43-18-16-36(28-56-43)46(66)60-49-52(4,5)50(53(49,6)7)69-39-17-15-35(27-55)40(54)25-39/h11-18,25-26,28,31,38,41-42,45,49-50,58,64-65H,8-10,19-24,29-30H2,1-7H3,(H,59,67)(H,60,66)/t38-,41+,42+,45-,49-,50-/m1/s1. The van der Waals surface area contributed by atoms with E-state index in [1.807, 2.05) is 57.2 Å². The number of nitrogens with zero attached hydrogens (tertiary/aromatic N) is 6. The Bertz CT molecular complexity index is 2610. The van der Waals surface area contributed by atoms with Gasteiger partial charge in [-0.25, -0.2) is 9.97 Å². The van der Waals surface area contributed by atoms with Crippen molar-refractivity contribution in [1.29, 1.82) is 5.26 Å². The molecular weight excluding hydrogens is 926 g/mol. The van der Waals surface area contributed by atoms with Crippen LogP contribution in [0.3, 0.4) is 0 Å². The van der Waals surface area contributed by atoms with Crippen LogP contribution in [0.1, 0.15) is 100 Å². The molecule has 3 amide bonds. The van der Waals surface area contributed by atoms with Crippen molar-refractivity contribution in [3.8, 4) is 22.3 Å². The summed E-state index contributed by atoms with van der Waals surface area (Å²) in [5.41, 5.74) is 5.14. The molecule has 0 spiro atoms. The van der Waals surface area contributed by atoms with Crippen molar-refractivity contribution in [3.05, 3.63) is 105 Å². The highest BCUT2D eigenvalue weighted by molar-refractivity contribution is 7.13. The zero-order chi connectivity index (χ0) is 50.1. The quantitative estimate of drug-likeness (QED) is 0.0753. The van der Waals surface area contributed by atoms with Gasteiger partial charge in [-0.3, -0.25) is 19.3 Å². The molecule has 5 heterocycles. The number of carbonyl (C=O) groups excluding carboxylic acids is 3. The van der Waals surface area contributed by atoms with Gasteiger partial charge < -0.3 is 40.7 Å². The number of β-amino-alcohol motifs (C(OH)–C–C–N with tert-alkyl or cyclic N) is 1. The van der Waals surface area contributed by atoms with Crippen LogP contribution in [0.2, 0.25) is 5.02 Å². The summed E-state index contributed by atoms with van der Waals surface area (Å²) in [5, 5.41) is 40.3. The lowest BCUT2D eigenvalue weighted by atomic mass is 9.49. The monoisotopic (exact) mass is 991 g/mol. The van der Waals surface area contributed by atoms with E-state index in [0.717, 1.165) is 85.2 Å². The number of aliphatic hydroxyl groups excluding tert-OH is 2. The van der Waals surface area contributed by atoms with Gasteiger partial charge in [0, 0.05) is 79.4 Å². The molecule has 4 aromatic rings. The smallest absolute Gasteiger partial charge is 0.253 e. The maximum absolute atomic E-state index is 14.2. The number of ether oxygens (including phenoxy) is 1. The predicted octanol–water partition coefficient (Wildman–Crippen LogP) is 6.64. The minimum Gasteiger partial charge on any atom is -0.489 e. The molecule has 3 fully saturated rings. The fourth-order valence-corrected chi connectivity index (χ4v) is 12.3. The summed E-state index contributed by atoms with van der Waals surface area (Å²) < 4.78 is 6.38. The molecule has 0 radical (unpaired) electrons. The van der Waals surface area contributed by atoms with E-state index < -0.39 is 35.6 Å². The minimum atomic E-state index is -0.864. The van der Waals surface area contributed by atoms with Crippen LogP contribution in [-0.2, 0) is 9.59 Å². The number of aliphatic hydroxyl groups is 2. The van der Waals surface area contributed by atoms with Gasteiger partial charge in [0.05, 0.1) is 51.0 Å². The Kier molecular flexibility index (Phi) is 15.0.